The average Bonchev–Trinajstić information content (AvgIpc) is 3.24. The van der Waals surface area contributed by atoms with Gasteiger partial charge in [0.05, 0.1) is 5.52 Å². The largest absolute Gasteiger partial charge is 0.479 e. The molecule has 1 unspecified atom stereocenters. The van der Waals surface area contributed by atoms with E-state index in [2.05, 4.69) is 5.32 Å². The molecule has 1 fully saturated rings. The highest BCUT2D eigenvalue weighted by Crippen LogP contribution is 2.33. The lowest BCUT2D eigenvalue weighted by Crippen LogP contribution is -2.41. The molecule has 0 radical (unpaired) electrons. The maximum atomic E-state index is 13.6. The summed E-state index contributed by atoms with van der Waals surface area (Å²) in [6.45, 7) is 0. The Kier molecular flexibility index (Phi) is 6.20. The molecule has 0 spiro atoms. The maximum Gasteiger partial charge on any atom is 0.331 e. The van der Waals surface area contributed by atoms with E-state index in [0.717, 1.165) is 36.5 Å². The highest BCUT2D eigenvalue weighted by molar-refractivity contribution is 6.04. The average molecular weight is 484 g/mol. The molecule has 8 nitrogen and oxygen atoms in total. The topological polar surface area (TPSA) is 147 Å². The van der Waals surface area contributed by atoms with E-state index in [1.165, 1.54) is 0 Å². The van der Waals surface area contributed by atoms with Gasteiger partial charge in [0.15, 0.2) is 6.04 Å². The number of nitrogen functional groups attached to an aromatic ring is 1. The summed E-state index contributed by atoms with van der Waals surface area (Å²) >= 11 is 0. The van der Waals surface area contributed by atoms with Crippen LogP contribution in [0, 0.1) is 5.41 Å². The molecule has 5 rings (SSSR count). The molecule has 4 aromatic rings. The van der Waals surface area contributed by atoms with Crippen LogP contribution in [-0.4, -0.2) is 39.5 Å². The highest BCUT2D eigenvalue weighted by atomic mass is 16.4. The number of aliphatic carboxylic acids is 1. The molecule has 0 saturated heterocycles. The molecular weight excluding hydrogens is 454 g/mol. The number of amidine groups is 1. The van der Waals surface area contributed by atoms with Crippen molar-refractivity contribution in [1.29, 1.82) is 5.41 Å². The SMILES string of the molecule is N=C(N)c1ccc2cc(C(=O)N[C@H]3CC[C@H](N)CC3)n(C(C(=O)O)c3cccc4ccccc34)c2c1. The van der Waals surface area contributed by atoms with Crippen molar-refractivity contribution < 1.29 is 14.7 Å². The molecule has 1 heterocycles. The summed E-state index contributed by atoms with van der Waals surface area (Å²) in [5, 5.41) is 23.9. The van der Waals surface area contributed by atoms with Gasteiger partial charge >= 0.3 is 5.97 Å². The highest BCUT2D eigenvalue weighted by Gasteiger charge is 2.31. The molecule has 1 aliphatic carbocycles. The van der Waals surface area contributed by atoms with E-state index in [9.17, 15) is 14.7 Å². The van der Waals surface area contributed by atoms with Crippen LogP contribution in [0.3, 0.4) is 0 Å². The van der Waals surface area contributed by atoms with Crippen LogP contribution in [0.5, 0.6) is 0 Å². The Bertz CT molecular complexity index is 1480. The number of carbonyl (C=O) groups is 2. The van der Waals surface area contributed by atoms with Crippen molar-refractivity contribution in [1.82, 2.24) is 9.88 Å². The molecular formula is C28H29N5O3. The summed E-state index contributed by atoms with van der Waals surface area (Å²) in [6, 6.07) is 18.9. The summed E-state index contributed by atoms with van der Waals surface area (Å²) in [7, 11) is 0. The Morgan fingerprint density at radius 3 is 2.42 bits per heavy atom. The van der Waals surface area contributed by atoms with E-state index in [1.807, 2.05) is 36.4 Å². The molecule has 8 heteroatoms. The van der Waals surface area contributed by atoms with Gasteiger partial charge in [-0.2, -0.15) is 0 Å². The predicted molar refractivity (Wildman–Crippen MR) is 140 cm³/mol. The van der Waals surface area contributed by atoms with Gasteiger partial charge in [0.1, 0.15) is 11.5 Å². The number of carbonyl (C=O) groups excluding carboxylic acids is 1. The second-order valence-electron chi connectivity index (χ2n) is 9.48. The Hall–Kier alpha value is -4.17. The third-order valence-corrected chi connectivity index (χ3v) is 7.10. The third kappa shape index (κ3) is 4.31. The first-order valence-electron chi connectivity index (χ1n) is 12.1. The smallest absolute Gasteiger partial charge is 0.331 e. The lowest BCUT2D eigenvalue weighted by atomic mass is 9.92. The Balaban J connectivity index is 1.69. The summed E-state index contributed by atoms with van der Waals surface area (Å²) in [6.07, 6.45) is 3.24. The van der Waals surface area contributed by atoms with Gasteiger partial charge in [0, 0.05) is 23.0 Å². The first-order valence-corrected chi connectivity index (χ1v) is 12.1. The fraction of sp³-hybridized carbons (Fsp3) is 0.250. The van der Waals surface area contributed by atoms with Crippen molar-refractivity contribution in [3.05, 3.63) is 83.6 Å². The zero-order valence-electron chi connectivity index (χ0n) is 19.8. The first kappa shape index (κ1) is 23.6. The zero-order valence-corrected chi connectivity index (χ0v) is 19.8. The fourth-order valence-corrected chi connectivity index (χ4v) is 5.24. The number of nitrogens with two attached hydrogens (primary N) is 2. The van der Waals surface area contributed by atoms with E-state index >= 15 is 0 Å². The van der Waals surface area contributed by atoms with Crippen molar-refractivity contribution >= 4 is 39.4 Å². The number of benzene rings is 3. The van der Waals surface area contributed by atoms with Crippen LogP contribution in [0.25, 0.3) is 21.7 Å². The standard InChI is InChI=1S/C28H29N5O3/c29-19-10-12-20(13-11-19)32-27(34)24-14-17-8-9-18(26(30)31)15-23(17)33(24)25(28(35)36)22-7-3-5-16-4-1-2-6-21(16)22/h1-9,14-15,19-20,25H,10-13,29H2,(H3,30,31)(H,32,34)(H,35,36)/t19-,20-,25?. The molecule has 184 valence electrons. The molecule has 1 saturated carbocycles. The second-order valence-corrected chi connectivity index (χ2v) is 9.48. The van der Waals surface area contributed by atoms with Gasteiger partial charge in [-0.3, -0.25) is 10.2 Å². The molecule has 1 aliphatic rings. The minimum absolute atomic E-state index is 0.0163. The van der Waals surface area contributed by atoms with E-state index in [-0.39, 0.29) is 29.5 Å². The van der Waals surface area contributed by atoms with Crippen LogP contribution in [-0.2, 0) is 4.79 Å². The van der Waals surface area contributed by atoms with Crippen LogP contribution >= 0.6 is 0 Å². The summed E-state index contributed by atoms with van der Waals surface area (Å²) in [5.41, 5.74) is 13.6. The number of carboxylic acids is 1. The van der Waals surface area contributed by atoms with E-state index in [0.29, 0.717) is 22.0 Å². The predicted octanol–water partition coefficient (Wildman–Crippen LogP) is 3.75. The third-order valence-electron chi connectivity index (χ3n) is 7.10. The minimum atomic E-state index is -1.17. The van der Waals surface area contributed by atoms with Crippen LogP contribution < -0.4 is 16.8 Å². The zero-order chi connectivity index (χ0) is 25.4. The molecule has 1 amide bonds. The van der Waals surface area contributed by atoms with Crippen LogP contribution in [0.2, 0.25) is 0 Å². The van der Waals surface area contributed by atoms with Crippen molar-refractivity contribution in [2.75, 3.05) is 0 Å². The van der Waals surface area contributed by atoms with Gasteiger partial charge in [-0.15, -0.1) is 0 Å². The number of aromatic nitrogens is 1. The summed E-state index contributed by atoms with van der Waals surface area (Å²) in [5.74, 6) is -1.55. The van der Waals surface area contributed by atoms with Crippen molar-refractivity contribution in [2.24, 2.45) is 11.5 Å². The van der Waals surface area contributed by atoms with E-state index in [4.69, 9.17) is 16.9 Å². The Morgan fingerprint density at radius 1 is 0.972 bits per heavy atom. The molecule has 1 atom stereocenters. The second kappa shape index (κ2) is 9.47. The van der Waals surface area contributed by atoms with Crippen molar-refractivity contribution in [3.63, 3.8) is 0 Å². The van der Waals surface area contributed by atoms with E-state index in [1.54, 1.807) is 34.9 Å². The van der Waals surface area contributed by atoms with Crippen molar-refractivity contribution in [2.45, 2.75) is 43.8 Å². The van der Waals surface area contributed by atoms with Gasteiger partial charge in [0.2, 0.25) is 0 Å². The van der Waals surface area contributed by atoms with Gasteiger partial charge in [-0.25, -0.2) is 4.79 Å². The summed E-state index contributed by atoms with van der Waals surface area (Å²) < 4.78 is 1.57. The Labute approximate surface area is 208 Å². The number of hydrogen-bond acceptors (Lipinski definition) is 4. The van der Waals surface area contributed by atoms with Gasteiger partial charge in [-0.1, -0.05) is 54.6 Å². The first-order chi connectivity index (χ1) is 17.3. The number of fused-ring (bicyclic) bond motifs is 2. The lowest BCUT2D eigenvalue weighted by Gasteiger charge is -2.27. The van der Waals surface area contributed by atoms with E-state index < -0.39 is 12.0 Å². The monoisotopic (exact) mass is 483 g/mol. The number of nitrogens with one attached hydrogen (secondary N) is 2. The molecule has 0 aliphatic heterocycles. The molecule has 36 heavy (non-hydrogen) atoms. The number of rotatable bonds is 6. The molecule has 3 aromatic carbocycles. The summed E-state index contributed by atoms with van der Waals surface area (Å²) in [4.78, 5) is 26.5. The minimum Gasteiger partial charge on any atom is -0.479 e. The number of amides is 1. The van der Waals surface area contributed by atoms with Gasteiger partial charge < -0.3 is 26.5 Å². The van der Waals surface area contributed by atoms with Crippen LogP contribution in [0.1, 0.15) is 53.3 Å². The molecule has 7 N–H and O–H groups in total. The fourth-order valence-electron chi connectivity index (χ4n) is 5.24. The number of hydrogen-bond donors (Lipinski definition) is 5. The quantitative estimate of drug-likeness (QED) is 0.209. The Morgan fingerprint density at radius 2 is 1.69 bits per heavy atom. The lowest BCUT2D eigenvalue weighted by molar-refractivity contribution is -0.139. The number of carboxylic acid groups (broad SMARTS) is 1. The molecule has 0 bridgehead atoms. The normalized spacial score (nSPS) is 18.7. The van der Waals surface area contributed by atoms with Gasteiger partial charge in [-0.05, 0) is 54.2 Å². The van der Waals surface area contributed by atoms with Crippen LogP contribution in [0.15, 0.2) is 66.7 Å². The molecule has 1 aromatic heterocycles. The van der Waals surface area contributed by atoms with Crippen LogP contribution in [0.4, 0.5) is 0 Å². The maximum absolute atomic E-state index is 13.6. The van der Waals surface area contributed by atoms with Gasteiger partial charge in [0.25, 0.3) is 5.91 Å². The number of nitrogens with zero attached hydrogens (tertiary/aromatic N) is 1. The van der Waals surface area contributed by atoms with Crippen molar-refractivity contribution in [3.8, 4) is 0 Å².